The summed E-state index contributed by atoms with van der Waals surface area (Å²) in [4.78, 5) is 2.01. The molecule has 0 aliphatic carbocycles. The largest absolute Gasteiger partial charge is 0.396 e. The van der Waals surface area contributed by atoms with Crippen molar-refractivity contribution in [1.82, 2.24) is 4.90 Å². The predicted molar refractivity (Wildman–Crippen MR) is 63.6 cm³/mol. The molecular weight excluding hydrogens is 224 g/mol. The third kappa shape index (κ3) is 4.06. The minimum Gasteiger partial charge on any atom is -0.396 e. The molecule has 0 atom stereocenters. The van der Waals surface area contributed by atoms with Crippen molar-refractivity contribution < 1.29 is 13.9 Å². The maximum absolute atomic E-state index is 13.5. The van der Waals surface area contributed by atoms with E-state index in [1.54, 1.807) is 6.07 Å². The molecule has 0 aliphatic heterocycles. The van der Waals surface area contributed by atoms with E-state index in [0.29, 0.717) is 25.1 Å². The molecule has 0 aliphatic rings. The summed E-state index contributed by atoms with van der Waals surface area (Å²) < 4.78 is 26.5. The van der Waals surface area contributed by atoms with Crippen LogP contribution in [0.1, 0.15) is 25.8 Å². The first-order valence-corrected chi connectivity index (χ1v) is 5.84. The van der Waals surface area contributed by atoms with E-state index in [2.05, 4.69) is 0 Å². The van der Waals surface area contributed by atoms with Gasteiger partial charge in [-0.3, -0.25) is 4.90 Å². The molecule has 0 fully saturated rings. The number of halogens is 2. The smallest absolute Gasteiger partial charge is 0.163 e. The van der Waals surface area contributed by atoms with Gasteiger partial charge in [0.05, 0.1) is 0 Å². The zero-order valence-electron chi connectivity index (χ0n) is 10.3. The highest BCUT2D eigenvalue weighted by molar-refractivity contribution is 5.18. The van der Waals surface area contributed by atoms with Crippen LogP contribution < -0.4 is 0 Å². The average Bonchev–Trinajstić information content (AvgIpc) is 2.29. The van der Waals surface area contributed by atoms with Crippen molar-refractivity contribution in [2.24, 2.45) is 0 Å². The molecule has 0 amide bonds. The van der Waals surface area contributed by atoms with Gasteiger partial charge in [-0.15, -0.1) is 0 Å². The Morgan fingerprint density at radius 1 is 1.29 bits per heavy atom. The van der Waals surface area contributed by atoms with Crippen molar-refractivity contribution in [2.45, 2.75) is 32.9 Å². The summed E-state index contributed by atoms with van der Waals surface area (Å²) in [5, 5.41) is 8.80. The molecule has 1 aromatic carbocycles. The van der Waals surface area contributed by atoms with Gasteiger partial charge in [-0.05, 0) is 26.3 Å². The Labute approximate surface area is 101 Å². The fourth-order valence-electron chi connectivity index (χ4n) is 1.68. The van der Waals surface area contributed by atoms with E-state index in [1.807, 2.05) is 18.7 Å². The quantitative estimate of drug-likeness (QED) is 0.830. The maximum Gasteiger partial charge on any atom is 0.163 e. The van der Waals surface area contributed by atoms with Crippen LogP contribution in [0.4, 0.5) is 8.78 Å². The van der Waals surface area contributed by atoms with Crippen LogP contribution in [-0.2, 0) is 6.54 Å². The molecule has 0 saturated carbocycles. The number of benzene rings is 1. The summed E-state index contributed by atoms with van der Waals surface area (Å²) in [7, 11) is 0. The molecule has 4 heteroatoms. The summed E-state index contributed by atoms with van der Waals surface area (Å²) in [6.07, 6.45) is 0.634. The normalized spacial score (nSPS) is 11.5. The summed E-state index contributed by atoms with van der Waals surface area (Å²) in [5.74, 6) is -1.59. The van der Waals surface area contributed by atoms with Gasteiger partial charge in [-0.25, -0.2) is 8.78 Å². The van der Waals surface area contributed by atoms with E-state index in [0.717, 1.165) is 6.07 Å². The Balaban J connectivity index is 2.75. The van der Waals surface area contributed by atoms with Crippen LogP contribution in [-0.4, -0.2) is 29.2 Å². The second kappa shape index (κ2) is 6.67. The molecular formula is C13H19F2NO. The first kappa shape index (κ1) is 14.1. The number of nitrogens with zero attached hydrogens (tertiary/aromatic N) is 1. The third-order valence-electron chi connectivity index (χ3n) is 2.74. The van der Waals surface area contributed by atoms with E-state index in [9.17, 15) is 8.78 Å². The van der Waals surface area contributed by atoms with Gasteiger partial charge in [-0.2, -0.15) is 0 Å². The monoisotopic (exact) mass is 243 g/mol. The predicted octanol–water partition coefficient (Wildman–Crippen LogP) is 2.56. The Morgan fingerprint density at radius 3 is 2.59 bits per heavy atom. The van der Waals surface area contributed by atoms with Crippen LogP contribution in [0.5, 0.6) is 0 Å². The van der Waals surface area contributed by atoms with Gasteiger partial charge >= 0.3 is 0 Å². The highest BCUT2D eigenvalue weighted by Crippen LogP contribution is 2.15. The number of aliphatic hydroxyl groups excluding tert-OH is 1. The van der Waals surface area contributed by atoms with E-state index < -0.39 is 11.6 Å². The standard InChI is InChI=1S/C13H19F2NO/c1-10(2)16(7-4-8-17)9-11-5-3-6-12(14)13(11)15/h3,5-6,10,17H,4,7-9H2,1-2H3. The molecule has 0 bridgehead atoms. The minimum absolute atomic E-state index is 0.106. The van der Waals surface area contributed by atoms with Gasteiger partial charge in [0.1, 0.15) is 0 Å². The summed E-state index contributed by atoms with van der Waals surface area (Å²) in [6.45, 7) is 5.13. The molecule has 17 heavy (non-hydrogen) atoms. The highest BCUT2D eigenvalue weighted by Gasteiger charge is 2.14. The number of hydrogen-bond acceptors (Lipinski definition) is 2. The molecule has 1 aromatic rings. The first-order valence-electron chi connectivity index (χ1n) is 5.84. The third-order valence-corrected chi connectivity index (χ3v) is 2.74. The molecule has 96 valence electrons. The van der Waals surface area contributed by atoms with Gasteiger partial charge in [-0.1, -0.05) is 12.1 Å². The van der Waals surface area contributed by atoms with Crippen molar-refractivity contribution in [2.75, 3.05) is 13.2 Å². The van der Waals surface area contributed by atoms with Gasteiger partial charge in [0.2, 0.25) is 0 Å². The first-order chi connectivity index (χ1) is 8.06. The average molecular weight is 243 g/mol. The lowest BCUT2D eigenvalue weighted by Gasteiger charge is -2.26. The molecule has 0 unspecified atom stereocenters. The molecule has 0 saturated heterocycles. The van der Waals surface area contributed by atoms with Gasteiger partial charge in [0, 0.05) is 31.3 Å². The van der Waals surface area contributed by atoms with E-state index in [1.165, 1.54) is 6.07 Å². The Hall–Kier alpha value is -1.00. The second-order valence-electron chi connectivity index (χ2n) is 4.35. The van der Waals surface area contributed by atoms with E-state index in [4.69, 9.17) is 5.11 Å². The second-order valence-corrected chi connectivity index (χ2v) is 4.35. The topological polar surface area (TPSA) is 23.5 Å². The molecule has 1 N–H and O–H groups in total. The van der Waals surface area contributed by atoms with Crippen LogP contribution in [0.3, 0.4) is 0 Å². The molecule has 0 spiro atoms. The van der Waals surface area contributed by atoms with Gasteiger partial charge in [0.15, 0.2) is 11.6 Å². The zero-order chi connectivity index (χ0) is 12.8. The van der Waals surface area contributed by atoms with Crippen molar-refractivity contribution in [3.8, 4) is 0 Å². The highest BCUT2D eigenvalue weighted by atomic mass is 19.2. The lowest BCUT2D eigenvalue weighted by Crippen LogP contribution is -2.32. The minimum atomic E-state index is -0.812. The number of rotatable bonds is 6. The van der Waals surface area contributed by atoms with E-state index in [-0.39, 0.29) is 12.6 Å². The Bertz CT molecular complexity index is 355. The summed E-state index contributed by atoms with van der Waals surface area (Å²) >= 11 is 0. The van der Waals surface area contributed by atoms with Crippen molar-refractivity contribution in [3.05, 3.63) is 35.4 Å². The van der Waals surface area contributed by atoms with Crippen molar-refractivity contribution in [1.29, 1.82) is 0 Å². The maximum atomic E-state index is 13.5. The molecule has 2 nitrogen and oxygen atoms in total. The molecule has 0 heterocycles. The molecule has 1 rings (SSSR count). The van der Waals surface area contributed by atoms with Crippen LogP contribution in [0.15, 0.2) is 18.2 Å². The SMILES string of the molecule is CC(C)N(CCCO)Cc1cccc(F)c1F. The van der Waals surface area contributed by atoms with Crippen LogP contribution in [0.2, 0.25) is 0 Å². The Morgan fingerprint density at radius 2 is 2.00 bits per heavy atom. The summed E-state index contributed by atoms with van der Waals surface area (Å²) in [5.41, 5.74) is 0.358. The Kier molecular flexibility index (Phi) is 5.51. The summed E-state index contributed by atoms with van der Waals surface area (Å²) in [6, 6.07) is 4.45. The fraction of sp³-hybridized carbons (Fsp3) is 0.538. The molecule has 0 aromatic heterocycles. The van der Waals surface area contributed by atoms with E-state index >= 15 is 0 Å². The lowest BCUT2D eigenvalue weighted by molar-refractivity contribution is 0.182. The number of hydrogen-bond donors (Lipinski definition) is 1. The number of aliphatic hydroxyl groups is 1. The van der Waals surface area contributed by atoms with Gasteiger partial charge < -0.3 is 5.11 Å². The van der Waals surface area contributed by atoms with Gasteiger partial charge in [0.25, 0.3) is 0 Å². The van der Waals surface area contributed by atoms with Crippen molar-refractivity contribution in [3.63, 3.8) is 0 Å². The molecule has 0 radical (unpaired) electrons. The van der Waals surface area contributed by atoms with Crippen LogP contribution >= 0.6 is 0 Å². The fourth-order valence-corrected chi connectivity index (χ4v) is 1.68. The zero-order valence-corrected chi connectivity index (χ0v) is 10.3. The van der Waals surface area contributed by atoms with Crippen LogP contribution in [0, 0.1) is 11.6 Å². The van der Waals surface area contributed by atoms with Crippen LogP contribution in [0.25, 0.3) is 0 Å². The van der Waals surface area contributed by atoms with Crippen molar-refractivity contribution >= 4 is 0 Å². The lowest BCUT2D eigenvalue weighted by atomic mass is 10.1.